The van der Waals surface area contributed by atoms with E-state index in [2.05, 4.69) is 10.3 Å². The molecule has 33 heavy (non-hydrogen) atoms. The van der Waals surface area contributed by atoms with Gasteiger partial charge in [0.05, 0.1) is 25.6 Å². The third-order valence-electron chi connectivity index (χ3n) is 4.85. The fourth-order valence-electron chi connectivity index (χ4n) is 3.21. The predicted molar refractivity (Wildman–Crippen MR) is 131 cm³/mol. The number of hydrogen-bond acceptors (Lipinski definition) is 7. The van der Waals surface area contributed by atoms with Crippen molar-refractivity contribution in [2.45, 2.75) is 18.1 Å². The number of nitrogens with one attached hydrogen (secondary N) is 1. The summed E-state index contributed by atoms with van der Waals surface area (Å²) < 4.78 is 15.6. The van der Waals surface area contributed by atoms with Gasteiger partial charge < -0.3 is 19.5 Å². The average molecular weight is 492 g/mol. The van der Waals surface area contributed by atoms with E-state index in [0.717, 1.165) is 0 Å². The molecule has 0 aliphatic carbocycles. The minimum Gasteiger partial charge on any atom is -0.497 e. The molecule has 0 aromatic heterocycles. The summed E-state index contributed by atoms with van der Waals surface area (Å²) in [6.45, 7) is 0.970. The number of amides is 2. The van der Waals surface area contributed by atoms with Crippen LogP contribution in [0, 0.1) is 0 Å². The van der Waals surface area contributed by atoms with E-state index in [-0.39, 0.29) is 18.2 Å². The molecule has 10 heteroatoms. The molecule has 0 radical (unpaired) electrons. The summed E-state index contributed by atoms with van der Waals surface area (Å²) in [5.74, 6) is 0.619. The van der Waals surface area contributed by atoms with Crippen LogP contribution >= 0.6 is 23.4 Å². The highest BCUT2D eigenvalue weighted by Crippen LogP contribution is 2.33. The van der Waals surface area contributed by atoms with Crippen LogP contribution < -0.4 is 14.8 Å². The lowest BCUT2D eigenvalue weighted by atomic mass is 10.2. The largest absolute Gasteiger partial charge is 0.497 e. The van der Waals surface area contributed by atoms with E-state index in [1.165, 1.54) is 18.9 Å². The van der Waals surface area contributed by atoms with Gasteiger partial charge in [0.25, 0.3) is 0 Å². The average Bonchev–Trinajstić information content (AvgIpc) is 3.09. The zero-order valence-electron chi connectivity index (χ0n) is 18.7. The number of halogens is 1. The number of carbonyl (C=O) groups excluding carboxylic acids is 2. The van der Waals surface area contributed by atoms with Gasteiger partial charge in [-0.2, -0.15) is 0 Å². The molecule has 1 saturated heterocycles. The van der Waals surface area contributed by atoms with Crippen LogP contribution in [0.5, 0.6) is 11.5 Å². The Balaban J connectivity index is 1.75. The predicted octanol–water partition coefficient (Wildman–Crippen LogP) is 4.35. The van der Waals surface area contributed by atoms with E-state index in [1.807, 2.05) is 0 Å². The zero-order chi connectivity index (χ0) is 23.8. The van der Waals surface area contributed by atoms with Crippen LogP contribution in [0.2, 0.25) is 5.02 Å². The van der Waals surface area contributed by atoms with Crippen molar-refractivity contribution >= 4 is 51.7 Å². The van der Waals surface area contributed by atoms with Crippen molar-refractivity contribution in [1.82, 2.24) is 4.90 Å². The zero-order valence-corrected chi connectivity index (χ0v) is 20.2. The normalized spacial score (nSPS) is 16.8. The lowest BCUT2D eigenvalue weighted by Crippen LogP contribution is -2.34. The molecule has 1 heterocycles. The molecule has 1 N–H and O–H groups in total. The van der Waals surface area contributed by atoms with E-state index in [9.17, 15) is 9.59 Å². The number of rotatable bonds is 10. The Labute approximate surface area is 202 Å². The van der Waals surface area contributed by atoms with Crippen molar-refractivity contribution in [3.05, 3.63) is 47.5 Å². The highest BCUT2D eigenvalue weighted by molar-refractivity contribution is 8.15. The van der Waals surface area contributed by atoms with Crippen LogP contribution in [0.4, 0.5) is 11.4 Å². The number of anilines is 1. The van der Waals surface area contributed by atoms with Crippen LogP contribution in [-0.2, 0) is 14.3 Å². The van der Waals surface area contributed by atoms with Crippen molar-refractivity contribution in [2.24, 2.45) is 4.99 Å². The number of methoxy groups -OCH3 is 3. The van der Waals surface area contributed by atoms with Gasteiger partial charge in [0.15, 0.2) is 5.17 Å². The van der Waals surface area contributed by atoms with Gasteiger partial charge in [-0.3, -0.25) is 14.5 Å². The Morgan fingerprint density at radius 1 is 1.15 bits per heavy atom. The van der Waals surface area contributed by atoms with E-state index in [0.29, 0.717) is 52.6 Å². The lowest BCUT2D eigenvalue weighted by molar-refractivity contribution is -0.128. The molecule has 2 amide bonds. The molecule has 2 aromatic rings. The van der Waals surface area contributed by atoms with Gasteiger partial charge in [-0.25, -0.2) is 4.99 Å². The number of ether oxygens (including phenoxy) is 3. The summed E-state index contributed by atoms with van der Waals surface area (Å²) in [5.41, 5.74) is 1.15. The van der Waals surface area contributed by atoms with Gasteiger partial charge in [-0.15, -0.1) is 0 Å². The maximum atomic E-state index is 13.1. The van der Waals surface area contributed by atoms with Crippen LogP contribution in [0.25, 0.3) is 0 Å². The van der Waals surface area contributed by atoms with Crippen molar-refractivity contribution in [3.8, 4) is 11.5 Å². The smallest absolute Gasteiger partial charge is 0.242 e. The number of amidine groups is 1. The first-order valence-corrected chi connectivity index (χ1v) is 11.5. The topological polar surface area (TPSA) is 89.5 Å². The Hall–Kier alpha value is -2.75. The molecular weight excluding hydrogens is 466 g/mol. The maximum Gasteiger partial charge on any atom is 0.242 e. The van der Waals surface area contributed by atoms with Crippen LogP contribution in [0.3, 0.4) is 0 Å². The Kier molecular flexibility index (Phi) is 8.99. The van der Waals surface area contributed by atoms with E-state index >= 15 is 0 Å². The third-order valence-corrected chi connectivity index (χ3v) is 6.28. The third kappa shape index (κ3) is 6.63. The number of hydrogen-bond donors (Lipinski definition) is 1. The van der Waals surface area contributed by atoms with Crippen molar-refractivity contribution in [1.29, 1.82) is 0 Å². The number of carbonyl (C=O) groups is 2. The molecule has 1 aliphatic heterocycles. The molecule has 176 valence electrons. The van der Waals surface area contributed by atoms with Crippen molar-refractivity contribution in [3.63, 3.8) is 0 Å². The molecule has 8 nitrogen and oxygen atoms in total. The van der Waals surface area contributed by atoms with Crippen LogP contribution in [0.1, 0.15) is 12.8 Å². The molecule has 1 atom stereocenters. The fraction of sp³-hybridized carbons (Fsp3) is 0.348. The lowest BCUT2D eigenvalue weighted by Gasteiger charge is -2.16. The van der Waals surface area contributed by atoms with E-state index < -0.39 is 5.25 Å². The van der Waals surface area contributed by atoms with Gasteiger partial charge in [0.1, 0.15) is 16.7 Å². The number of benzene rings is 2. The van der Waals surface area contributed by atoms with E-state index in [1.54, 1.807) is 61.6 Å². The summed E-state index contributed by atoms with van der Waals surface area (Å²) in [7, 11) is 4.68. The molecular formula is C23H26ClN3O5S. The number of nitrogens with zero attached hydrogens (tertiary/aromatic N) is 2. The standard InChI is InChI=1S/C23H26ClN3O5S/c1-30-12-4-11-27-22(29)20(33-23(27)25-16-7-5-15(24)6-8-16)14-21(28)26-18-13-17(31-2)9-10-19(18)32-3/h5-10,13,20H,4,11-12,14H2,1-3H3,(H,26,28). The first kappa shape index (κ1) is 24.9. The second kappa shape index (κ2) is 11.9. The van der Waals surface area contributed by atoms with Gasteiger partial charge >= 0.3 is 0 Å². The Bertz CT molecular complexity index is 1020. The van der Waals surface area contributed by atoms with E-state index in [4.69, 9.17) is 25.8 Å². The molecule has 1 aliphatic rings. The molecule has 0 bridgehead atoms. The van der Waals surface area contributed by atoms with Crippen molar-refractivity contribution < 1.29 is 23.8 Å². The summed E-state index contributed by atoms with van der Waals surface area (Å²) in [5, 5.41) is 3.39. The molecule has 0 saturated carbocycles. The molecule has 0 spiro atoms. The highest BCUT2D eigenvalue weighted by Gasteiger charge is 2.39. The Morgan fingerprint density at radius 2 is 1.91 bits per heavy atom. The second-order valence-corrected chi connectivity index (χ2v) is 8.74. The fourth-order valence-corrected chi connectivity index (χ4v) is 4.52. The minimum atomic E-state index is -0.588. The molecule has 1 unspecified atom stereocenters. The second-order valence-electron chi connectivity index (χ2n) is 7.13. The van der Waals surface area contributed by atoms with Gasteiger partial charge in [0.2, 0.25) is 11.8 Å². The summed E-state index contributed by atoms with van der Waals surface area (Å²) in [4.78, 5) is 32.1. The van der Waals surface area contributed by atoms with Crippen molar-refractivity contribution in [2.75, 3.05) is 39.8 Å². The SMILES string of the molecule is COCCCN1C(=O)C(CC(=O)Nc2cc(OC)ccc2OC)SC1=Nc1ccc(Cl)cc1. The highest BCUT2D eigenvalue weighted by atomic mass is 35.5. The first-order valence-electron chi connectivity index (χ1n) is 10.3. The number of thioether (sulfide) groups is 1. The molecule has 3 rings (SSSR count). The maximum absolute atomic E-state index is 13.1. The van der Waals surface area contributed by atoms with Gasteiger partial charge in [-0.1, -0.05) is 23.4 Å². The quantitative estimate of drug-likeness (QED) is 0.497. The van der Waals surface area contributed by atoms with Gasteiger partial charge in [-0.05, 0) is 42.8 Å². The summed E-state index contributed by atoms with van der Waals surface area (Å²) >= 11 is 7.24. The van der Waals surface area contributed by atoms with Crippen LogP contribution in [-0.4, -0.2) is 61.6 Å². The Morgan fingerprint density at radius 3 is 2.58 bits per heavy atom. The molecule has 1 fully saturated rings. The summed E-state index contributed by atoms with van der Waals surface area (Å²) in [6, 6.07) is 12.2. The summed E-state index contributed by atoms with van der Waals surface area (Å²) in [6.07, 6.45) is 0.645. The monoisotopic (exact) mass is 491 g/mol. The molecule has 2 aromatic carbocycles. The van der Waals surface area contributed by atoms with Crippen LogP contribution in [0.15, 0.2) is 47.5 Å². The first-order chi connectivity index (χ1) is 15.9. The number of aliphatic imine (C=N–C) groups is 1. The van der Waals surface area contributed by atoms with Gasteiger partial charge in [0, 0.05) is 37.8 Å². The minimum absolute atomic E-state index is 0.00964.